The number of halogens is 4. The van der Waals surface area contributed by atoms with Crippen LogP contribution in [0.2, 0.25) is 5.02 Å². The molecule has 3 nitrogen and oxygen atoms in total. The van der Waals surface area contributed by atoms with Crippen molar-refractivity contribution in [2.24, 2.45) is 0 Å². The number of anilines is 1. The molecule has 0 bridgehead atoms. The van der Waals surface area contributed by atoms with Gasteiger partial charge in [-0.25, -0.2) is 13.2 Å². The molecule has 0 aliphatic rings. The summed E-state index contributed by atoms with van der Waals surface area (Å²) in [5.41, 5.74) is -0.734. The number of benzene rings is 2. The van der Waals surface area contributed by atoms with Crippen molar-refractivity contribution in [3.63, 3.8) is 0 Å². The molecule has 0 aliphatic carbocycles. The number of carbonyl (C=O) groups is 1. The van der Waals surface area contributed by atoms with Crippen molar-refractivity contribution in [1.29, 1.82) is 5.26 Å². The van der Waals surface area contributed by atoms with Gasteiger partial charge in [0, 0.05) is 0 Å². The standard InChI is InChI=1S/C14H6ClF3N2O/c15-10-5-11(17)9(4-12(10)18)14(21)20-13-2-1-8(16)3-7(13)6-19/h1-5H,(H,20,21). The highest BCUT2D eigenvalue weighted by atomic mass is 35.5. The fourth-order valence-corrected chi connectivity index (χ4v) is 1.75. The lowest BCUT2D eigenvalue weighted by atomic mass is 10.1. The van der Waals surface area contributed by atoms with E-state index in [-0.39, 0.29) is 11.3 Å². The molecule has 0 unspecified atom stereocenters. The number of nitriles is 1. The molecule has 2 aromatic rings. The fourth-order valence-electron chi connectivity index (χ4n) is 1.60. The number of nitrogens with zero attached hydrogens (tertiary/aromatic N) is 1. The van der Waals surface area contributed by atoms with E-state index in [1.165, 1.54) is 0 Å². The van der Waals surface area contributed by atoms with E-state index in [4.69, 9.17) is 16.9 Å². The van der Waals surface area contributed by atoms with Crippen LogP contribution in [-0.2, 0) is 0 Å². The van der Waals surface area contributed by atoms with Crippen LogP contribution in [0.15, 0.2) is 30.3 Å². The summed E-state index contributed by atoms with van der Waals surface area (Å²) in [5, 5.41) is 10.6. The number of hydrogen-bond donors (Lipinski definition) is 1. The van der Waals surface area contributed by atoms with Gasteiger partial charge in [-0.1, -0.05) is 11.6 Å². The minimum Gasteiger partial charge on any atom is -0.321 e. The molecule has 0 heterocycles. The third-order valence-electron chi connectivity index (χ3n) is 2.60. The molecule has 0 fully saturated rings. The second-order valence-corrected chi connectivity index (χ2v) is 4.41. The van der Waals surface area contributed by atoms with E-state index in [0.29, 0.717) is 12.1 Å². The van der Waals surface area contributed by atoms with E-state index in [2.05, 4.69) is 5.32 Å². The highest BCUT2D eigenvalue weighted by Crippen LogP contribution is 2.22. The molecule has 0 spiro atoms. The van der Waals surface area contributed by atoms with Crippen molar-refractivity contribution >= 4 is 23.2 Å². The lowest BCUT2D eigenvalue weighted by molar-refractivity contribution is 0.102. The zero-order valence-corrected chi connectivity index (χ0v) is 11.0. The molecule has 106 valence electrons. The predicted molar refractivity (Wildman–Crippen MR) is 70.4 cm³/mol. The van der Waals surface area contributed by atoms with E-state index < -0.39 is 33.9 Å². The lowest BCUT2D eigenvalue weighted by Crippen LogP contribution is -2.15. The monoisotopic (exact) mass is 310 g/mol. The first-order valence-electron chi connectivity index (χ1n) is 5.58. The Morgan fingerprint density at radius 3 is 2.52 bits per heavy atom. The van der Waals surface area contributed by atoms with Gasteiger partial charge < -0.3 is 5.32 Å². The topological polar surface area (TPSA) is 52.9 Å². The number of nitrogens with one attached hydrogen (secondary N) is 1. The van der Waals surface area contributed by atoms with Gasteiger partial charge in [0.05, 0.1) is 21.8 Å². The average Bonchev–Trinajstić information content (AvgIpc) is 2.44. The van der Waals surface area contributed by atoms with Crippen LogP contribution in [0.3, 0.4) is 0 Å². The molecule has 0 aromatic heterocycles. The first-order valence-corrected chi connectivity index (χ1v) is 5.95. The Labute approximate surface area is 122 Å². The van der Waals surface area contributed by atoms with Gasteiger partial charge in [-0.2, -0.15) is 5.26 Å². The number of rotatable bonds is 2. The maximum atomic E-state index is 13.6. The average molecular weight is 311 g/mol. The summed E-state index contributed by atoms with van der Waals surface area (Å²) >= 11 is 5.38. The molecule has 0 atom stereocenters. The summed E-state index contributed by atoms with van der Waals surface area (Å²) in [6, 6.07) is 6.08. The Morgan fingerprint density at radius 1 is 1.14 bits per heavy atom. The zero-order chi connectivity index (χ0) is 15.6. The van der Waals surface area contributed by atoms with Crippen molar-refractivity contribution in [3.8, 4) is 6.07 Å². The summed E-state index contributed by atoms with van der Waals surface area (Å²) < 4.78 is 39.8. The maximum absolute atomic E-state index is 13.6. The Kier molecular flexibility index (Phi) is 4.15. The van der Waals surface area contributed by atoms with Crippen LogP contribution < -0.4 is 5.32 Å². The van der Waals surface area contributed by atoms with Crippen molar-refractivity contribution in [3.05, 3.63) is 63.9 Å². The molecule has 2 rings (SSSR count). The largest absolute Gasteiger partial charge is 0.321 e. The summed E-state index contributed by atoms with van der Waals surface area (Å²) in [4.78, 5) is 11.9. The van der Waals surface area contributed by atoms with Gasteiger partial charge in [0.25, 0.3) is 5.91 Å². The van der Waals surface area contributed by atoms with Gasteiger partial charge >= 0.3 is 0 Å². The third-order valence-corrected chi connectivity index (χ3v) is 2.89. The second-order valence-electron chi connectivity index (χ2n) is 4.00. The van der Waals surface area contributed by atoms with Crippen molar-refractivity contribution in [2.45, 2.75) is 0 Å². The SMILES string of the molecule is N#Cc1cc(F)ccc1NC(=O)c1cc(F)c(Cl)cc1F. The van der Waals surface area contributed by atoms with Crippen LogP contribution in [0.5, 0.6) is 0 Å². The summed E-state index contributed by atoms with van der Waals surface area (Å²) in [5.74, 6) is -3.61. The van der Waals surface area contributed by atoms with Crippen LogP contribution in [0.25, 0.3) is 0 Å². The lowest BCUT2D eigenvalue weighted by Gasteiger charge is -2.08. The van der Waals surface area contributed by atoms with E-state index >= 15 is 0 Å². The molecule has 0 aliphatic heterocycles. The first-order chi connectivity index (χ1) is 9.92. The zero-order valence-electron chi connectivity index (χ0n) is 10.3. The third kappa shape index (κ3) is 3.15. The highest BCUT2D eigenvalue weighted by Gasteiger charge is 2.17. The quantitative estimate of drug-likeness (QED) is 0.856. The van der Waals surface area contributed by atoms with Crippen LogP contribution in [0.1, 0.15) is 15.9 Å². The molecule has 0 saturated heterocycles. The van der Waals surface area contributed by atoms with Gasteiger partial charge in [0.15, 0.2) is 0 Å². The van der Waals surface area contributed by atoms with Gasteiger partial charge in [-0.05, 0) is 30.3 Å². The smallest absolute Gasteiger partial charge is 0.258 e. The van der Waals surface area contributed by atoms with Crippen LogP contribution in [0.4, 0.5) is 18.9 Å². The fraction of sp³-hybridized carbons (Fsp3) is 0. The van der Waals surface area contributed by atoms with Gasteiger partial charge in [0.1, 0.15) is 23.5 Å². The molecule has 1 amide bonds. The summed E-state index contributed by atoms with van der Waals surface area (Å²) in [6.45, 7) is 0. The molecule has 21 heavy (non-hydrogen) atoms. The summed E-state index contributed by atoms with van der Waals surface area (Å²) in [7, 11) is 0. The number of hydrogen-bond acceptors (Lipinski definition) is 2. The maximum Gasteiger partial charge on any atom is 0.258 e. The first kappa shape index (κ1) is 14.9. The van der Waals surface area contributed by atoms with Crippen molar-refractivity contribution in [1.82, 2.24) is 0 Å². The predicted octanol–water partition coefficient (Wildman–Crippen LogP) is 3.88. The van der Waals surface area contributed by atoms with Gasteiger partial charge in [0.2, 0.25) is 0 Å². The van der Waals surface area contributed by atoms with Gasteiger partial charge in [-0.3, -0.25) is 4.79 Å². The van der Waals surface area contributed by atoms with Crippen molar-refractivity contribution < 1.29 is 18.0 Å². The van der Waals surface area contributed by atoms with Crippen LogP contribution in [-0.4, -0.2) is 5.91 Å². The molecule has 2 aromatic carbocycles. The number of amides is 1. The van der Waals surface area contributed by atoms with E-state index in [0.717, 1.165) is 18.2 Å². The van der Waals surface area contributed by atoms with E-state index in [1.807, 2.05) is 0 Å². The number of carbonyl (C=O) groups excluding carboxylic acids is 1. The summed E-state index contributed by atoms with van der Waals surface area (Å²) in [6.07, 6.45) is 0. The van der Waals surface area contributed by atoms with E-state index in [1.54, 1.807) is 6.07 Å². The molecular formula is C14H6ClF3N2O. The van der Waals surface area contributed by atoms with Crippen LogP contribution in [0, 0.1) is 28.8 Å². The molecule has 0 radical (unpaired) electrons. The van der Waals surface area contributed by atoms with Crippen LogP contribution >= 0.6 is 11.6 Å². The Morgan fingerprint density at radius 2 is 1.86 bits per heavy atom. The molecule has 0 saturated carbocycles. The molecule has 7 heteroatoms. The highest BCUT2D eigenvalue weighted by molar-refractivity contribution is 6.30. The Bertz CT molecular complexity index is 772. The minimum atomic E-state index is -1.01. The molecule has 1 N–H and O–H groups in total. The Hall–Kier alpha value is -2.52. The minimum absolute atomic E-state index is 0.0151. The normalized spacial score (nSPS) is 10.0. The molecular weight excluding hydrogens is 305 g/mol. The Balaban J connectivity index is 2.35. The van der Waals surface area contributed by atoms with E-state index in [9.17, 15) is 18.0 Å². The second kappa shape index (κ2) is 5.85. The van der Waals surface area contributed by atoms with Crippen molar-refractivity contribution in [2.75, 3.05) is 5.32 Å². The van der Waals surface area contributed by atoms with Gasteiger partial charge in [-0.15, -0.1) is 0 Å².